The van der Waals surface area contributed by atoms with Crippen LogP contribution in [0.5, 0.6) is 0 Å². The Morgan fingerprint density at radius 3 is 2.37 bits per heavy atom. The maximum Gasteiger partial charge on any atom is 0.191 e. The molecule has 1 aromatic heterocycles. The Morgan fingerprint density at radius 1 is 1.03 bits per heavy atom. The topological polar surface area (TPSA) is 70.4 Å². The number of aliphatic imine (C=N–C) groups is 1. The van der Waals surface area contributed by atoms with E-state index in [9.17, 15) is 0 Å². The molecule has 0 saturated carbocycles. The quantitative estimate of drug-likeness (QED) is 0.190. The van der Waals surface area contributed by atoms with Gasteiger partial charge in [0.25, 0.3) is 0 Å². The van der Waals surface area contributed by atoms with E-state index in [-0.39, 0.29) is 24.0 Å². The first-order valence-electron chi connectivity index (χ1n) is 10.7. The molecule has 2 aromatic rings. The molecule has 0 aliphatic carbocycles. The van der Waals surface area contributed by atoms with Gasteiger partial charge < -0.3 is 20.1 Å². The summed E-state index contributed by atoms with van der Waals surface area (Å²) in [4.78, 5) is 7.00. The van der Waals surface area contributed by atoms with Crippen molar-refractivity contribution in [2.75, 3.05) is 31.6 Å². The first-order valence-corrected chi connectivity index (χ1v) is 10.7. The molecule has 0 aliphatic rings. The molecule has 168 valence electrons. The van der Waals surface area contributed by atoms with E-state index in [1.807, 2.05) is 24.6 Å². The van der Waals surface area contributed by atoms with Crippen molar-refractivity contribution in [1.82, 2.24) is 25.4 Å². The summed E-state index contributed by atoms with van der Waals surface area (Å²) in [6, 6.07) is 10.5. The standard InChI is InChI=1S/C22H37N7.HI/c1-5-6-7-11-15-23-22(25-18-21-27-26-19(2)29(21)4)24-16-12-17-28(3)20-13-9-8-10-14-20;/h8-10,13-14H,5-7,11-12,15-18H2,1-4H3,(H2,23,24,25);1H. The molecular weight excluding hydrogens is 489 g/mol. The summed E-state index contributed by atoms with van der Waals surface area (Å²) >= 11 is 0. The van der Waals surface area contributed by atoms with Crippen LogP contribution in [-0.2, 0) is 13.6 Å². The SMILES string of the molecule is CCCCCCNC(=NCc1nnc(C)n1C)NCCCN(C)c1ccccc1.I. The molecule has 7 nitrogen and oxygen atoms in total. The lowest BCUT2D eigenvalue weighted by Gasteiger charge is -2.19. The molecule has 30 heavy (non-hydrogen) atoms. The van der Waals surface area contributed by atoms with E-state index in [1.54, 1.807) is 0 Å². The third-order valence-electron chi connectivity index (χ3n) is 5.04. The number of aromatic nitrogens is 3. The fourth-order valence-corrected chi connectivity index (χ4v) is 3.01. The van der Waals surface area contributed by atoms with Gasteiger partial charge in [0, 0.05) is 39.4 Å². The monoisotopic (exact) mass is 527 g/mol. The summed E-state index contributed by atoms with van der Waals surface area (Å²) < 4.78 is 1.98. The van der Waals surface area contributed by atoms with Crippen LogP contribution in [0.4, 0.5) is 5.69 Å². The molecule has 2 N–H and O–H groups in total. The predicted octanol–water partition coefficient (Wildman–Crippen LogP) is 3.88. The number of rotatable bonds is 12. The van der Waals surface area contributed by atoms with Gasteiger partial charge in [-0.2, -0.15) is 0 Å². The normalized spacial score (nSPS) is 11.1. The number of hydrogen-bond acceptors (Lipinski definition) is 4. The van der Waals surface area contributed by atoms with Crippen molar-refractivity contribution >= 4 is 35.6 Å². The molecule has 0 amide bonds. The van der Waals surface area contributed by atoms with Gasteiger partial charge in [0.2, 0.25) is 0 Å². The van der Waals surface area contributed by atoms with Crippen LogP contribution in [0.1, 0.15) is 50.7 Å². The van der Waals surface area contributed by atoms with Gasteiger partial charge in [0.1, 0.15) is 12.4 Å². The van der Waals surface area contributed by atoms with Crippen molar-refractivity contribution < 1.29 is 0 Å². The summed E-state index contributed by atoms with van der Waals surface area (Å²) in [6.45, 7) is 7.50. The number of anilines is 1. The second-order valence-corrected chi connectivity index (χ2v) is 7.41. The second-order valence-electron chi connectivity index (χ2n) is 7.41. The van der Waals surface area contributed by atoms with Gasteiger partial charge in [-0.25, -0.2) is 4.99 Å². The average Bonchev–Trinajstić information content (AvgIpc) is 3.06. The molecule has 1 heterocycles. The van der Waals surface area contributed by atoms with Gasteiger partial charge in [0.05, 0.1) is 0 Å². The maximum atomic E-state index is 4.72. The summed E-state index contributed by atoms with van der Waals surface area (Å²) in [5, 5.41) is 15.2. The number of aryl methyl sites for hydroxylation is 1. The number of benzene rings is 1. The van der Waals surface area contributed by atoms with Crippen LogP contribution < -0.4 is 15.5 Å². The van der Waals surface area contributed by atoms with E-state index in [0.717, 1.165) is 50.1 Å². The zero-order valence-electron chi connectivity index (χ0n) is 18.9. The number of nitrogens with one attached hydrogen (secondary N) is 2. The molecule has 8 heteroatoms. The lowest BCUT2D eigenvalue weighted by Crippen LogP contribution is -2.39. The van der Waals surface area contributed by atoms with Gasteiger partial charge in [-0.3, -0.25) is 0 Å². The fourth-order valence-electron chi connectivity index (χ4n) is 3.01. The van der Waals surface area contributed by atoms with Gasteiger partial charge in [0.15, 0.2) is 11.8 Å². The number of unbranched alkanes of at least 4 members (excludes halogenated alkanes) is 3. The Kier molecular flexibility index (Phi) is 13.1. The molecule has 2 rings (SSSR count). The third-order valence-corrected chi connectivity index (χ3v) is 5.04. The van der Waals surface area contributed by atoms with Crippen LogP contribution in [0.2, 0.25) is 0 Å². The molecule has 0 saturated heterocycles. The highest BCUT2D eigenvalue weighted by atomic mass is 127. The molecule has 0 aliphatic heterocycles. The second kappa shape index (κ2) is 15.0. The number of guanidine groups is 1. The summed E-state index contributed by atoms with van der Waals surface area (Å²) in [5.74, 6) is 2.63. The number of halogens is 1. The van der Waals surface area contributed by atoms with E-state index in [1.165, 1.54) is 24.9 Å². The van der Waals surface area contributed by atoms with Crippen LogP contribution in [0.25, 0.3) is 0 Å². The molecule has 0 unspecified atom stereocenters. The Hall–Kier alpha value is -1.84. The summed E-state index contributed by atoms with van der Waals surface area (Å²) in [5.41, 5.74) is 1.24. The molecular formula is C22H38IN7. The highest BCUT2D eigenvalue weighted by Crippen LogP contribution is 2.10. The van der Waals surface area contributed by atoms with Crippen LogP contribution in [0.3, 0.4) is 0 Å². The summed E-state index contributed by atoms with van der Waals surface area (Å²) in [7, 11) is 4.11. The molecule has 0 atom stereocenters. The van der Waals surface area contributed by atoms with E-state index < -0.39 is 0 Å². The highest BCUT2D eigenvalue weighted by molar-refractivity contribution is 14.0. The summed E-state index contributed by atoms with van der Waals surface area (Å²) in [6.07, 6.45) is 5.98. The zero-order chi connectivity index (χ0) is 20.9. The minimum atomic E-state index is 0. The lowest BCUT2D eigenvalue weighted by atomic mass is 10.2. The third kappa shape index (κ3) is 9.32. The minimum absolute atomic E-state index is 0. The van der Waals surface area contributed by atoms with Crippen molar-refractivity contribution in [1.29, 1.82) is 0 Å². The van der Waals surface area contributed by atoms with Crippen LogP contribution in [0.15, 0.2) is 35.3 Å². The van der Waals surface area contributed by atoms with Gasteiger partial charge >= 0.3 is 0 Å². The molecule has 0 spiro atoms. The van der Waals surface area contributed by atoms with Crippen molar-refractivity contribution in [3.63, 3.8) is 0 Å². The Labute approximate surface area is 198 Å². The van der Waals surface area contributed by atoms with Crippen molar-refractivity contribution in [3.8, 4) is 0 Å². The number of para-hydroxylation sites is 1. The highest BCUT2D eigenvalue weighted by Gasteiger charge is 2.05. The largest absolute Gasteiger partial charge is 0.375 e. The first-order chi connectivity index (χ1) is 14.1. The van der Waals surface area contributed by atoms with Gasteiger partial charge in [-0.05, 0) is 31.9 Å². The number of hydrogen-bond donors (Lipinski definition) is 2. The predicted molar refractivity (Wildman–Crippen MR) is 137 cm³/mol. The molecule has 0 fully saturated rings. The van der Waals surface area contributed by atoms with E-state index >= 15 is 0 Å². The fraction of sp³-hybridized carbons (Fsp3) is 0.591. The van der Waals surface area contributed by atoms with Crippen molar-refractivity contribution in [2.45, 2.75) is 52.5 Å². The Balaban J connectivity index is 0.00000450. The Bertz CT molecular complexity index is 730. The molecule has 0 bridgehead atoms. The number of nitrogens with zero attached hydrogens (tertiary/aromatic N) is 5. The van der Waals surface area contributed by atoms with Crippen molar-refractivity contribution in [3.05, 3.63) is 42.0 Å². The van der Waals surface area contributed by atoms with E-state index in [2.05, 4.69) is 64.0 Å². The van der Waals surface area contributed by atoms with Crippen LogP contribution >= 0.6 is 24.0 Å². The van der Waals surface area contributed by atoms with Gasteiger partial charge in [-0.15, -0.1) is 34.2 Å². The maximum absolute atomic E-state index is 4.72. The van der Waals surface area contributed by atoms with Crippen molar-refractivity contribution in [2.24, 2.45) is 12.0 Å². The smallest absolute Gasteiger partial charge is 0.191 e. The average molecular weight is 527 g/mol. The molecule has 1 aromatic carbocycles. The molecule has 0 radical (unpaired) electrons. The Morgan fingerprint density at radius 2 is 1.73 bits per heavy atom. The zero-order valence-corrected chi connectivity index (χ0v) is 21.2. The van der Waals surface area contributed by atoms with Crippen LogP contribution in [0, 0.1) is 6.92 Å². The van der Waals surface area contributed by atoms with Gasteiger partial charge in [-0.1, -0.05) is 44.4 Å². The minimum Gasteiger partial charge on any atom is -0.375 e. The van der Waals surface area contributed by atoms with E-state index in [0.29, 0.717) is 6.54 Å². The van der Waals surface area contributed by atoms with Crippen LogP contribution in [-0.4, -0.2) is 47.4 Å². The first kappa shape index (κ1) is 26.2. The lowest BCUT2D eigenvalue weighted by molar-refractivity contribution is 0.642. The van der Waals surface area contributed by atoms with E-state index in [4.69, 9.17) is 4.99 Å².